The van der Waals surface area contributed by atoms with Gasteiger partial charge in [0.15, 0.2) is 17.3 Å². The average Bonchev–Trinajstić information content (AvgIpc) is 2.36. The summed E-state index contributed by atoms with van der Waals surface area (Å²) in [6.45, 7) is -6.42. The lowest BCUT2D eigenvalue weighted by Gasteiger charge is -2.12. The molecule has 0 aliphatic carbocycles. The van der Waals surface area contributed by atoms with Crippen molar-refractivity contribution in [2.24, 2.45) is 0 Å². The molecule has 21 heavy (non-hydrogen) atoms. The predicted molar refractivity (Wildman–Crippen MR) is 66.9 cm³/mol. The van der Waals surface area contributed by atoms with Gasteiger partial charge in [-0.25, -0.2) is 0 Å². The van der Waals surface area contributed by atoms with Crippen LogP contribution in [0.2, 0.25) is 0 Å². The molecule has 0 amide bonds. The minimum absolute atomic E-state index is 0.00497. The van der Waals surface area contributed by atoms with Gasteiger partial charge in [-0.3, -0.25) is 4.79 Å². The van der Waals surface area contributed by atoms with E-state index in [0.29, 0.717) is 0 Å². The summed E-state index contributed by atoms with van der Waals surface area (Å²) in [7, 11) is 3.38. The van der Waals surface area contributed by atoms with E-state index in [1.54, 1.807) is 19.0 Å². The molecule has 0 atom stereocenters. The highest BCUT2D eigenvalue weighted by atomic mass is 19.3. The molecule has 0 saturated heterocycles. The van der Waals surface area contributed by atoms with Gasteiger partial charge in [-0.1, -0.05) is 0 Å². The van der Waals surface area contributed by atoms with Crippen molar-refractivity contribution in [1.82, 2.24) is 4.90 Å². The summed E-state index contributed by atoms with van der Waals surface area (Å²) in [6, 6.07) is 3.07. The number of ketones is 1. The van der Waals surface area contributed by atoms with E-state index >= 15 is 0 Å². The molecule has 0 aliphatic heterocycles. The van der Waals surface area contributed by atoms with E-state index in [4.69, 9.17) is 0 Å². The molecule has 4 nitrogen and oxygen atoms in total. The molecule has 0 saturated carbocycles. The van der Waals surface area contributed by atoms with E-state index in [2.05, 4.69) is 9.47 Å². The Kier molecular flexibility index (Phi) is 6.01. The van der Waals surface area contributed by atoms with E-state index in [9.17, 15) is 22.4 Å². The quantitative estimate of drug-likeness (QED) is 0.441. The van der Waals surface area contributed by atoms with Crippen LogP contribution in [0.25, 0.3) is 0 Å². The van der Waals surface area contributed by atoms with Crippen molar-refractivity contribution in [3.63, 3.8) is 0 Å². The molecular formula is C13H13F4NO3. The number of allylic oxidation sites excluding steroid dienone is 1. The van der Waals surface area contributed by atoms with Gasteiger partial charge >= 0.3 is 13.2 Å². The zero-order chi connectivity index (χ0) is 16.0. The molecular weight excluding hydrogens is 294 g/mol. The van der Waals surface area contributed by atoms with Gasteiger partial charge in [-0.05, 0) is 18.2 Å². The lowest BCUT2D eigenvalue weighted by Crippen LogP contribution is -2.09. The van der Waals surface area contributed by atoms with Crippen molar-refractivity contribution >= 4 is 5.78 Å². The SMILES string of the molecule is CN(C)C=CC(=O)c1ccc(OC(F)F)c(OC(F)F)c1. The Labute approximate surface area is 118 Å². The van der Waals surface area contributed by atoms with Crippen LogP contribution in [0.4, 0.5) is 17.6 Å². The fourth-order valence-electron chi connectivity index (χ4n) is 1.36. The zero-order valence-corrected chi connectivity index (χ0v) is 11.2. The Morgan fingerprint density at radius 2 is 1.67 bits per heavy atom. The maximum atomic E-state index is 12.3. The topological polar surface area (TPSA) is 38.8 Å². The molecule has 0 aromatic heterocycles. The largest absolute Gasteiger partial charge is 0.431 e. The molecule has 1 aromatic carbocycles. The number of carbonyl (C=O) groups excluding carboxylic acids is 1. The number of halogens is 4. The number of carbonyl (C=O) groups is 1. The van der Waals surface area contributed by atoms with Crippen molar-refractivity contribution in [2.45, 2.75) is 13.2 Å². The Balaban J connectivity index is 3.05. The van der Waals surface area contributed by atoms with Crippen LogP contribution in [-0.4, -0.2) is 38.0 Å². The van der Waals surface area contributed by atoms with Crippen LogP contribution in [0.15, 0.2) is 30.5 Å². The van der Waals surface area contributed by atoms with Crippen LogP contribution >= 0.6 is 0 Å². The van der Waals surface area contributed by atoms with Gasteiger partial charge in [0.2, 0.25) is 0 Å². The summed E-state index contributed by atoms with van der Waals surface area (Å²) >= 11 is 0. The van der Waals surface area contributed by atoms with Gasteiger partial charge < -0.3 is 14.4 Å². The van der Waals surface area contributed by atoms with Crippen molar-refractivity contribution in [3.05, 3.63) is 36.0 Å². The van der Waals surface area contributed by atoms with E-state index in [-0.39, 0.29) is 5.56 Å². The van der Waals surface area contributed by atoms with Crippen LogP contribution in [0, 0.1) is 0 Å². The number of alkyl halides is 4. The third kappa shape index (κ3) is 5.72. The summed E-state index contributed by atoms with van der Waals surface area (Å²) in [5, 5.41) is 0. The lowest BCUT2D eigenvalue weighted by atomic mass is 10.1. The third-order valence-corrected chi connectivity index (χ3v) is 2.18. The predicted octanol–water partition coefficient (Wildman–Crippen LogP) is 3.15. The summed E-state index contributed by atoms with van der Waals surface area (Å²) in [5.41, 5.74) is 0.00497. The van der Waals surface area contributed by atoms with E-state index in [1.807, 2.05) is 0 Å². The smallest absolute Gasteiger partial charge is 0.387 e. The van der Waals surface area contributed by atoms with Crippen LogP contribution < -0.4 is 9.47 Å². The first-order chi connectivity index (χ1) is 9.79. The highest BCUT2D eigenvalue weighted by molar-refractivity contribution is 6.04. The normalized spacial score (nSPS) is 11.2. The van der Waals surface area contributed by atoms with E-state index in [1.165, 1.54) is 18.3 Å². The molecule has 0 bridgehead atoms. The summed E-state index contributed by atoms with van der Waals surface area (Å²) in [4.78, 5) is 13.4. The van der Waals surface area contributed by atoms with E-state index < -0.39 is 30.5 Å². The standard InChI is InChI=1S/C13H13F4NO3/c1-18(2)6-5-9(19)8-3-4-10(20-12(14)15)11(7-8)21-13(16)17/h3-7,12-13H,1-2H3. The summed E-state index contributed by atoms with van der Waals surface area (Å²) < 4.78 is 57.0. The maximum absolute atomic E-state index is 12.3. The molecule has 0 fully saturated rings. The number of rotatable bonds is 7. The number of hydrogen-bond acceptors (Lipinski definition) is 4. The molecule has 0 aliphatic rings. The number of ether oxygens (including phenoxy) is 2. The second kappa shape index (κ2) is 7.51. The lowest BCUT2D eigenvalue weighted by molar-refractivity contribution is -0.0692. The second-order valence-electron chi connectivity index (χ2n) is 4.06. The van der Waals surface area contributed by atoms with Crippen LogP contribution in [-0.2, 0) is 0 Å². The summed E-state index contributed by atoms with van der Waals surface area (Å²) in [5.74, 6) is -1.70. The Hall–Kier alpha value is -2.25. The van der Waals surface area contributed by atoms with Gasteiger partial charge in [0.25, 0.3) is 0 Å². The Morgan fingerprint density at radius 3 is 2.19 bits per heavy atom. The minimum atomic E-state index is -3.23. The molecule has 0 heterocycles. The van der Waals surface area contributed by atoms with Gasteiger partial charge in [0, 0.05) is 31.9 Å². The third-order valence-electron chi connectivity index (χ3n) is 2.18. The van der Waals surface area contributed by atoms with Gasteiger partial charge in [-0.15, -0.1) is 0 Å². The molecule has 1 rings (SSSR count). The molecule has 0 radical (unpaired) electrons. The number of benzene rings is 1. The van der Waals surface area contributed by atoms with Gasteiger partial charge in [0.1, 0.15) is 0 Å². The highest BCUT2D eigenvalue weighted by Gasteiger charge is 2.16. The van der Waals surface area contributed by atoms with Crippen molar-refractivity contribution in [2.75, 3.05) is 14.1 Å². The minimum Gasteiger partial charge on any atom is -0.431 e. The summed E-state index contributed by atoms with van der Waals surface area (Å²) in [6.07, 6.45) is 2.66. The molecule has 0 spiro atoms. The molecule has 1 aromatic rings. The second-order valence-corrected chi connectivity index (χ2v) is 4.06. The molecule has 0 unspecified atom stereocenters. The van der Waals surface area contributed by atoms with Gasteiger partial charge in [-0.2, -0.15) is 17.6 Å². The Bertz CT molecular complexity index is 518. The van der Waals surface area contributed by atoms with Crippen molar-refractivity contribution in [1.29, 1.82) is 0 Å². The van der Waals surface area contributed by atoms with E-state index in [0.717, 1.165) is 12.1 Å². The average molecular weight is 307 g/mol. The Morgan fingerprint density at radius 1 is 1.10 bits per heavy atom. The molecule has 8 heteroatoms. The van der Waals surface area contributed by atoms with Crippen LogP contribution in [0.1, 0.15) is 10.4 Å². The molecule has 116 valence electrons. The monoisotopic (exact) mass is 307 g/mol. The number of nitrogens with zero attached hydrogens (tertiary/aromatic N) is 1. The fourth-order valence-corrected chi connectivity index (χ4v) is 1.36. The van der Waals surface area contributed by atoms with Crippen LogP contribution in [0.5, 0.6) is 11.5 Å². The fraction of sp³-hybridized carbons (Fsp3) is 0.308. The maximum Gasteiger partial charge on any atom is 0.387 e. The number of hydrogen-bond donors (Lipinski definition) is 0. The van der Waals surface area contributed by atoms with Gasteiger partial charge in [0.05, 0.1) is 0 Å². The van der Waals surface area contributed by atoms with Crippen molar-refractivity contribution < 1.29 is 31.8 Å². The zero-order valence-electron chi connectivity index (χ0n) is 11.2. The highest BCUT2D eigenvalue weighted by Crippen LogP contribution is 2.31. The van der Waals surface area contributed by atoms with Crippen molar-refractivity contribution in [3.8, 4) is 11.5 Å². The first kappa shape index (κ1) is 16.8. The first-order valence-corrected chi connectivity index (χ1v) is 5.72. The first-order valence-electron chi connectivity index (χ1n) is 5.72. The molecule has 0 N–H and O–H groups in total. The van der Waals surface area contributed by atoms with Crippen LogP contribution in [0.3, 0.4) is 0 Å².